The second-order valence-corrected chi connectivity index (χ2v) is 14.0. The van der Waals surface area contributed by atoms with Crippen LogP contribution in [-0.2, 0) is 0 Å². The lowest BCUT2D eigenvalue weighted by Gasteiger charge is -2.26. The molecule has 0 N–H and O–H groups in total. The fourth-order valence-electron chi connectivity index (χ4n) is 7.44. The molecule has 0 saturated carbocycles. The zero-order chi connectivity index (χ0) is 38.7. The van der Waals surface area contributed by atoms with Gasteiger partial charge in [-0.2, -0.15) is 0 Å². The highest BCUT2D eigenvalue weighted by Gasteiger charge is 2.19. The van der Waals surface area contributed by atoms with Gasteiger partial charge in [0.05, 0.1) is 11.4 Å². The molecule has 6 heteroatoms. The molecule has 0 bridgehead atoms. The molecule has 0 atom stereocenters. The van der Waals surface area contributed by atoms with Crippen LogP contribution in [0.3, 0.4) is 0 Å². The number of para-hydroxylation sites is 1. The minimum atomic E-state index is 0.634. The third-order valence-electron chi connectivity index (χ3n) is 10.3. The zero-order valence-corrected chi connectivity index (χ0v) is 31.5. The van der Waals surface area contributed by atoms with Crippen molar-refractivity contribution in [2.75, 3.05) is 4.90 Å². The normalized spacial score (nSPS) is 11.1. The van der Waals surface area contributed by atoms with Gasteiger partial charge in [0.1, 0.15) is 5.65 Å². The number of pyridine rings is 1. The van der Waals surface area contributed by atoms with Crippen LogP contribution in [0.15, 0.2) is 219 Å². The van der Waals surface area contributed by atoms with Crippen LogP contribution in [0, 0.1) is 0 Å². The topological polar surface area (TPSA) is 59.2 Å². The summed E-state index contributed by atoms with van der Waals surface area (Å²) in [5.74, 6) is 1.93. The summed E-state index contributed by atoms with van der Waals surface area (Å²) in [4.78, 5) is 22.1. The van der Waals surface area contributed by atoms with E-state index in [0.717, 1.165) is 73.0 Å². The fourth-order valence-corrected chi connectivity index (χ4v) is 7.44. The first kappa shape index (κ1) is 34.5. The maximum absolute atomic E-state index is 5.08. The number of nitrogens with zero attached hydrogens (tertiary/aromatic N) is 6. The Bertz CT molecular complexity index is 2910. The zero-order valence-electron chi connectivity index (χ0n) is 31.5. The van der Waals surface area contributed by atoms with Crippen LogP contribution in [0.5, 0.6) is 0 Å². The first-order valence-corrected chi connectivity index (χ1v) is 19.3. The summed E-state index contributed by atoms with van der Waals surface area (Å²) in [6, 6.07) is 73.1. The molecule has 3 heterocycles. The standard InChI is InChI=1S/C52H36N6/c1-5-16-39(17-6-1)48-49(57-35-14-13-26-47(57)53-48)43-22-15-25-46(36-43)58(44-23-11-4-12-24-44)45-33-31-38(32-34-45)37-27-29-42(30-28-37)52-55-50(40-18-7-2-8-19-40)54-51(56-52)41-20-9-3-10-21-41/h1-36H. The molecular weight excluding hydrogens is 709 g/mol. The van der Waals surface area contributed by atoms with Crippen molar-refractivity contribution in [3.8, 4) is 67.8 Å². The van der Waals surface area contributed by atoms with Crippen molar-refractivity contribution in [2.45, 2.75) is 0 Å². The molecule has 7 aromatic carbocycles. The van der Waals surface area contributed by atoms with E-state index < -0.39 is 0 Å². The molecule has 0 spiro atoms. The van der Waals surface area contributed by atoms with E-state index in [0.29, 0.717) is 17.5 Å². The lowest BCUT2D eigenvalue weighted by molar-refractivity contribution is 1.07. The predicted octanol–water partition coefficient (Wildman–Crippen LogP) is 13.0. The van der Waals surface area contributed by atoms with E-state index in [1.54, 1.807) is 0 Å². The van der Waals surface area contributed by atoms with Crippen molar-refractivity contribution in [3.05, 3.63) is 219 Å². The summed E-state index contributed by atoms with van der Waals surface area (Å²) < 4.78 is 2.18. The van der Waals surface area contributed by atoms with Crippen LogP contribution in [0.25, 0.3) is 73.5 Å². The molecule has 10 aromatic rings. The van der Waals surface area contributed by atoms with Crippen molar-refractivity contribution in [3.63, 3.8) is 0 Å². The van der Waals surface area contributed by atoms with Gasteiger partial charge in [0.2, 0.25) is 0 Å². The number of aromatic nitrogens is 5. The largest absolute Gasteiger partial charge is 0.310 e. The number of fused-ring (bicyclic) bond motifs is 1. The van der Waals surface area contributed by atoms with Gasteiger partial charge in [0, 0.05) is 51.1 Å². The summed E-state index contributed by atoms with van der Waals surface area (Å²) in [7, 11) is 0. The third-order valence-corrected chi connectivity index (χ3v) is 10.3. The second kappa shape index (κ2) is 15.3. The Labute approximate surface area is 337 Å². The molecule has 10 rings (SSSR count). The van der Waals surface area contributed by atoms with Gasteiger partial charge in [0.25, 0.3) is 0 Å². The van der Waals surface area contributed by atoms with Crippen molar-refractivity contribution in [2.24, 2.45) is 0 Å². The average molecular weight is 745 g/mol. The van der Waals surface area contributed by atoms with Gasteiger partial charge in [-0.1, -0.05) is 164 Å². The average Bonchev–Trinajstić information content (AvgIpc) is 3.71. The van der Waals surface area contributed by atoms with E-state index in [9.17, 15) is 0 Å². The Morgan fingerprint density at radius 1 is 0.310 bits per heavy atom. The molecule has 0 amide bonds. The second-order valence-electron chi connectivity index (χ2n) is 14.0. The summed E-state index contributed by atoms with van der Waals surface area (Å²) in [5, 5.41) is 0. The van der Waals surface area contributed by atoms with Crippen LogP contribution in [0.4, 0.5) is 17.1 Å². The van der Waals surface area contributed by atoms with E-state index in [2.05, 4.69) is 155 Å². The number of imidazole rings is 1. The summed E-state index contributed by atoms with van der Waals surface area (Å²) >= 11 is 0. The first-order valence-electron chi connectivity index (χ1n) is 19.3. The molecule has 0 unspecified atom stereocenters. The fraction of sp³-hybridized carbons (Fsp3) is 0. The summed E-state index contributed by atoms with van der Waals surface area (Å²) in [5.41, 5.74) is 13.3. The molecule has 0 saturated heterocycles. The number of rotatable bonds is 9. The Kier molecular flexibility index (Phi) is 9.10. The SMILES string of the molecule is c1ccc(-c2nc(-c3ccccc3)nc(-c3ccc(-c4ccc(N(c5ccccc5)c5cccc(-c6c(-c7ccccc7)nc7ccccn67)c5)cc4)cc3)n2)cc1. The maximum atomic E-state index is 5.08. The summed E-state index contributed by atoms with van der Waals surface area (Å²) in [6.45, 7) is 0. The highest BCUT2D eigenvalue weighted by molar-refractivity contribution is 5.86. The molecule has 58 heavy (non-hydrogen) atoms. The smallest absolute Gasteiger partial charge is 0.164 e. The number of benzene rings is 7. The monoisotopic (exact) mass is 744 g/mol. The van der Waals surface area contributed by atoms with Crippen molar-refractivity contribution < 1.29 is 0 Å². The molecule has 6 nitrogen and oxygen atoms in total. The molecule has 274 valence electrons. The third kappa shape index (κ3) is 6.80. The Balaban J connectivity index is 0.991. The van der Waals surface area contributed by atoms with Crippen LogP contribution in [0.1, 0.15) is 0 Å². The van der Waals surface area contributed by atoms with E-state index in [-0.39, 0.29) is 0 Å². The molecule has 0 aliphatic carbocycles. The highest BCUT2D eigenvalue weighted by atomic mass is 15.1. The predicted molar refractivity (Wildman–Crippen MR) is 236 cm³/mol. The van der Waals surface area contributed by atoms with E-state index in [1.807, 2.05) is 72.8 Å². The molecular formula is C52H36N6. The van der Waals surface area contributed by atoms with Crippen LogP contribution in [0.2, 0.25) is 0 Å². The van der Waals surface area contributed by atoms with Crippen LogP contribution >= 0.6 is 0 Å². The van der Waals surface area contributed by atoms with Gasteiger partial charge in [-0.15, -0.1) is 0 Å². The molecule has 0 radical (unpaired) electrons. The lowest BCUT2D eigenvalue weighted by atomic mass is 10.0. The Morgan fingerprint density at radius 2 is 0.741 bits per heavy atom. The maximum Gasteiger partial charge on any atom is 0.164 e. The summed E-state index contributed by atoms with van der Waals surface area (Å²) in [6.07, 6.45) is 2.09. The number of hydrogen-bond donors (Lipinski definition) is 0. The van der Waals surface area contributed by atoms with Gasteiger partial charge in [-0.3, -0.25) is 4.40 Å². The molecule has 0 aliphatic rings. The Hall–Kier alpha value is -7.96. The molecule has 3 aromatic heterocycles. The highest BCUT2D eigenvalue weighted by Crippen LogP contribution is 2.40. The lowest BCUT2D eigenvalue weighted by Crippen LogP contribution is -2.10. The van der Waals surface area contributed by atoms with Gasteiger partial charge in [0.15, 0.2) is 17.5 Å². The van der Waals surface area contributed by atoms with Gasteiger partial charge in [-0.05, 0) is 59.7 Å². The van der Waals surface area contributed by atoms with Crippen molar-refractivity contribution in [1.29, 1.82) is 0 Å². The molecule has 0 aliphatic heterocycles. The van der Waals surface area contributed by atoms with E-state index in [4.69, 9.17) is 19.9 Å². The minimum Gasteiger partial charge on any atom is -0.310 e. The Morgan fingerprint density at radius 3 is 1.33 bits per heavy atom. The number of anilines is 3. The van der Waals surface area contributed by atoms with Crippen LogP contribution < -0.4 is 4.90 Å². The van der Waals surface area contributed by atoms with Gasteiger partial charge >= 0.3 is 0 Å². The minimum absolute atomic E-state index is 0.634. The molecule has 0 fully saturated rings. The number of hydrogen-bond acceptors (Lipinski definition) is 5. The van der Waals surface area contributed by atoms with Gasteiger partial charge in [-0.25, -0.2) is 19.9 Å². The van der Waals surface area contributed by atoms with Crippen molar-refractivity contribution in [1.82, 2.24) is 24.3 Å². The van der Waals surface area contributed by atoms with Crippen LogP contribution in [-0.4, -0.2) is 24.3 Å². The van der Waals surface area contributed by atoms with E-state index in [1.165, 1.54) is 0 Å². The van der Waals surface area contributed by atoms with Gasteiger partial charge < -0.3 is 4.90 Å². The first-order chi connectivity index (χ1) is 28.7. The quantitative estimate of drug-likeness (QED) is 0.147. The van der Waals surface area contributed by atoms with E-state index >= 15 is 0 Å². The van der Waals surface area contributed by atoms with Crippen molar-refractivity contribution >= 4 is 22.7 Å².